The molecule has 0 aromatic heterocycles. The first-order valence-electron chi connectivity index (χ1n) is 5.66. The smallest absolute Gasteiger partial charge is 0.223 e. The first kappa shape index (κ1) is 12.4. The summed E-state index contributed by atoms with van der Waals surface area (Å²) in [5, 5.41) is 2.93. The molecule has 2 unspecified atom stereocenters. The number of carbonyl (C=O) groups is 1. The van der Waals surface area contributed by atoms with Crippen molar-refractivity contribution in [2.24, 2.45) is 17.6 Å². The van der Waals surface area contributed by atoms with Gasteiger partial charge in [0.25, 0.3) is 0 Å². The molecule has 1 rings (SSSR count). The minimum Gasteiger partial charge on any atom is -0.392 e. The molecular weight excluding hydrogens is 208 g/mol. The van der Waals surface area contributed by atoms with Gasteiger partial charge >= 0.3 is 0 Å². The Hall–Kier alpha value is -0.640. The Morgan fingerprint density at radius 3 is 2.60 bits per heavy atom. The van der Waals surface area contributed by atoms with Gasteiger partial charge in [-0.1, -0.05) is 32.5 Å². The van der Waals surface area contributed by atoms with Crippen molar-refractivity contribution in [2.75, 3.05) is 0 Å². The lowest BCUT2D eigenvalue weighted by molar-refractivity contribution is -0.125. The molecule has 4 heteroatoms. The van der Waals surface area contributed by atoms with Gasteiger partial charge in [-0.05, 0) is 25.2 Å². The van der Waals surface area contributed by atoms with Crippen LogP contribution >= 0.6 is 12.2 Å². The first-order valence-corrected chi connectivity index (χ1v) is 6.06. The van der Waals surface area contributed by atoms with Crippen LogP contribution < -0.4 is 11.1 Å². The molecule has 0 aromatic carbocycles. The summed E-state index contributed by atoms with van der Waals surface area (Å²) >= 11 is 4.93. The summed E-state index contributed by atoms with van der Waals surface area (Å²) in [6.07, 6.45) is 4.17. The third kappa shape index (κ3) is 3.78. The summed E-state index contributed by atoms with van der Waals surface area (Å²) < 4.78 is 0. The van der Waals surface area contributed by atoms with Gasteiger partial charge < -0.3 is 11.1 Å². The van der Waals surface area contributed by atoms with Crippen molar-refractivity contribution in [1.82, 2.24) is 5.32 Å². The van der Waals surface area contributed by atoms with Gasteiger partial charge in [0, 0.05) is 5.92 Å². The Morgan fingerprint density at radius 2 is 2.20 bits per heavy atom. The number of amides is 1. The summed E-state index contributed by atoms with van der Waals surface area (Å²) in [5.74, 6) is 0.793. The normalized spacial score (nSPS) is 19.3. The Morgan fingerprint density at radius 1 is 1.60 bits per heavy atom. The molecule has 1 fully saturated rings. The molecule has 3 N–H and O–H groups in total. The van der Waals surface area contributed by atoms with E-state index in [-0.39, 0.29) is 17.9 Å². The predicted molar refractivity (Wildman–Crippen MR) is 65.5 cm³/mol. The molecule has 1 aliphatic rings. The minimum absolute atomic E-state index is 0.101. The maximum atomic E-state index is 11.8. The zero-order valence-electron chi connectivity index (χ0n) is 9.45. The van der Waals surface area contributed by atoms with E-state index in [4.69, 9.17) is 18.0 Å². The third-order valence-electron chi connectivity index (χ3n) is 2.98. The van der Waals surface area contributed by atoms with Gasteiger partial charge in [-0.2, -0.15) is 0 Å². The van der Waals surface area contributed by atoms with Gasteiger partial charge in [0.2, 0.25) is 5.91 Å². The largest absolute Gasteiger partial charge is 0.392 e. The summed E-state index contributed by atoms with van der Waals surface area (Å²) in [4.78, 5) is 12.2. The molecule has 3 nitrogen and oxygen atoms in total. The summed E-state index contributed by atoms with van der Waals surface area (Å²) in [5.41, 5.74) is 5.58. The van der Waals surface area contributed by atoms with Crippen LogP contribution in [0.2, 0.25) is 0 Å². The van der Waals surface area contributed by atoms with E-state index >= 15 is 0 Å². The second-order valence-electron chi connectivity index (χ2n) is 4.38. The van der Waals surface area contributed by atoms with Crippen LogP contribution in [0.25, 0.3) is 0 Å². The van der Waals surface area contributed by atoms with Crippen molar-refractivity contribution in [2.45, 2.75) is 45.6 Å². The lowest BCUT2D eigenvalue weighted by Gasteiger charge is -2.19. The molecule has 86 valence electrons. The topological polar surface area (TPSA) is 55.1 Å². The van der Waals surface area contributed by atoms with Crippen molar-refractivity contribution in [3.63, 3.8) is 0 Å². The van der Waals surface area contributed by atoms with Crippen LogP contribution in [0, 0.1) is 11.8 Å². The van der Waals surface area contributed by atoms with Crippen LogP contribution in [-0.2, 0) is 4.79 Å². The van der Waals surface area contributed by atoms with Gasteiger partial charge in [-0.3, -0.25) is 4.79 Å². The standard InChI is InChI=1S/C11H20N2OS/c1-3-4-9(10(12)15)13-11(14)7(2)8-5-6-8/h7-9H,3-6H2,1-2H3,(H2,12,15)(H,13,14). The van der Waals surface area contributed by atoms with E-state index in [1.807, 2.05) is 6.92 Å². The molecule has 0 bridgehead atoms. The number of carbonyl (C=O) groups excluding carboxylic acids is 1. The van der Waals surface area contributed by atoms with E-state index in [0.717, 1.165) is 12.8 Å². The summed E-state index contributed by atoms with van der Waals surface area (Å²) in [6, 6.07) is -0.126. The van der Waals surface area contributed by atoms with Crippen LogP contribution in [-0.4, -0.2) is 16.9 Å². The van der Waals surface area contributed by atoms with Gasteiger partial charge in [-0.25, -0.2) is 0 Å². The number of hydrogen-bond acceptors (Lipinski definition) is 2. The summed E-state index contributed by atoms with van der Waals surface area (Å²) in [7, 11) is 0. The van der Waals surface area contributed by atoms with Gasteiger partial charge in [0.05, 0.1) is 11.0 Å². The monoisotopic (exact) mass is 228 g/mol. The molecule has 0 saturated heterocycles. The van der Waals surface area contributed by atoms with Crippen molar-refractivity contribution in [1.29, 1.82) is 0 Å². The number of thiocarbonyl (C=S) groups is 1. The molecule has 0 spiro atoms. The van der Waals surface area contributed by atoms with E-state index in [1.54, 1.807) is 0 Å². The van der Waals surface area contributed by atoms with Crippen LogP contribution in [0.1, 0.15) is 39.5 Å². The highest BCUT2D eigenvalue weighted by Crippen LogP contribution is 2.36. The van der Waals surface area contributed by atoms with Crippen molar-refractivity contribution < 1.29 is 4.79 Å². The average Bonchev–Trinajstić information content (AvgIpc) is 2.98. The highest BCUT2D eigenvalue weighted by atomic mass is 32.1. The molecule has 0 aliphatic heterocycles. The van der Waals surface area contributed by atoms with Crippen LogP contribution in [0.5, 0.6) is 0 Å². The third-order valence-corrected chi connectivity index (χ3v) is 3.26. The fourth-order valence-corrected chi connectivity index (χ4v) is 1.86. The lowest BCUT2D eigenvalue weighted by atomic mass is 10.0. The second kappa shape index (κ2) is 5.45. The Labute approximate surface area is 96.8 Å². The number of nitrogens with one attached hydrogen (secondary N) is 1. The molecule has 0 radical (unpaired) electrons. The number of rotatable bonds is 6. The summed E-state index contributed by atoms with van der Waals surface area (Å²) in [6.45, 7) is 4.04. The fourth-order valence-electron chi connectivity index (χ4n) is 1.69. The molecule has 0 heterocycles. The van der Waals surface area contributed by atoms with E-state index in [2.05, 4.69) is 12.2 Å². The quantitative estimate of drug-likeness (QED) is 0.679. The molecule has 1 aliphatic carbocycles. The zero-order valence-corrected chi connectivity index (χ0v) is 10.3. The molecule has 1 saturated carbocycles. The van der Waals surface area contributed by atoms with Gasteiger partial charge in [0.1, 0.15) is 0 Å². The number of nitrogens with two attached hydrogens (primary N) is 1. The Kier molecular flexibility index (Phi) is 4.51. The van der Waals surface area contributed by atoms with Crippen LogP contribution in [0.15, 0.2) is 0 Å². The van der Waals surface area contributed by atoms with Crippen molar-refractivity contribution in [3.8, 4) is 0 Å². The maximum absolute atomic E-state index is 11.8. The zero-order chi connectivity index (χ0) is 11.4. The van der Waals surface area contributed by atoms with E-state index < -0.39 is 0 Å². The highest BCUT2D eigenvalue weighted by Gasteiger charge is 2.33. The Bertz CT molecular complexity index is 251. The van der Waals surface area contributed by atoms with E-state index in [0.29, 0.717) is 10.9 Å². The first-order chi connectivity index (χ1) is 7.06. The number of hydrogen-bond donors (Lipinski definition) is 2. The minimum atomic E-state index is -0.126. The highest BCUT2D eigenvalue weighted by molar-refractivity contribution is 7.80. The van der Waals surface area contributed by atoms with E-state index in [9.17, 15) is 4.79 Å². The average molecular weight is 228 g/mol. The molecule has 2 atom stereocenters. The van der Waals surface area contributed by atoms with Gasteiger partial charge in [0.15, 0.2) is 0 Å². The second-order valence-corrected chi connectivity index (χ2v) is 4.85. The van der Waals surface area contributed by atoms with Crippen molar-refractivity contribution >= 4 is 23.1 Å². The Balaban J connectivity index is 2.42. The fraction of sp³-hybridized carbons (Fsp3) is 0.818. The molecule has 0 aromatic rings. The molecule has 1 amide bonds. The van der Waals surface area contributed by atoms with Crippen LogP contribution in [0.4, 0.5) is 0 Å². The molecule has 15 heavy (non-hydrogen) atoms. The maximum Gasteiger partial charge on any atom is 0.223 e. The molecular formula is C11H20N2OS. The SMILES string of the molecule is CCCC(NC(=O)C(C)C1CC1)C(N)=S. The predicted octanol–water partition coefficient (Wildman–Crippen LogP) is 1.60. The van der Waals surface area contributed by atoms with E-state index in [1.165, 1.54) is 12.8 Å². The van der Waals surface area contributed by atoms with Gasteiger partial charge in [-0.15, -0.1) is 0 Å². The van der Waals surface area contributed by atoms with Crippen LogP contribution in [0.3, 0.4) is 0 Å². The lowest BCUT2D eigenvalue weighted by Crippen LogP contribution is -2.45. The van der Waals surface area contributed by atoms with Crippen molar-refractivity contribution in [3.05, 3.63) is 0 Å².